The summed E-state index contributed by atoms with van der Waals surface area (Å²) in [6.07, 6.45) is -0.325. The molecule has 0 aliphatic heterocycles. The largest absolute Gasteiger partial charge is 0.392 e. The molecule has 2 N–H and O–H groups in total. The number of nitrogens with zero attached hydrogens (tertiary/aromatic N) is 4. The summed E-state index contributed by atoms with van der Waals surface area (Å²) in [5.74, 6) is 0.875. The summed E-state index contributed by atoms with van der Waals surface area (Å²) in [4.78, 5) is 0. The molecule has 1 rings (SSSR count). The molecule has 0 fully saturated rings. The van der Waals surface area contributed by atoms with Crippen molar-refractivity contribution in [2.75, 3.05) is 12.3 Å². The molecule has 1 unspecified atom stereocenters. The van der Waals surface area contributed by atoms with Crippen molar-refractivity contribution < 1.29 is 5.11 Å². The Kier molecular flexibility index (Phi) is 6.59. The summed E-state index contributed by atoms with van der Waals surface area (Å²) in [6, 6.07) is 0.459. The Morgan fingerprint density at radius 1 is 1.33 bits per heavy atom. The van der Waals surface area contributed by atoms with E-state index in [4.69, 9.17) is 0 Å². The minimum atomic E-state index is -0.325. The van der Waals surface area contributed by atoms with Crippen LogP contribution in [0.2, 0.25) is 0 Å². The fourth-order valence-electron chi connectivity index (χ4n) is 1.25. The number of nitrogens with one attached hydrogen (secondary N) is 1. The molecule has 6 nitrogen and oxygen atoms in total. The molecular formula is C11H23N5OS. The number of hydrogen-bond acceptors (Lipinski definition) is 6. The third-order valence-electron chi connectivity index (χ3n) is 2.53. The molecule has 1 atom stereocenters. The highest BCUT2D eigenvalue weighted by atomic mass is 32.2. The molecular weight excluding hydrogens is 250 g/mol. The molecule has 0 aromatic carbocycles. The Hall–Kier alpha value is -0.660. The van der Waals surface area contributed by atoms with E-state index in [9.17, 15) is 5.11 Å². The second-order valence-corrected chi connectivity index (χ2v) is 5.90. The number of aliphatic hydroxyl groups excluding tert-OH is 1. The van der Waals surface area contributed by atoms with E-state index >= 15 is 0 Å². The summed E-state index contributed by atoms with van der Waals surface area (Å²) in [5, 5.41) is 25.4. The lowest BCUT2D eigenvalue weighted by atomic mass is 10.1. The van der Waals surface area contributed by atoms with Crippen molar-refractivity contribution in [1.82, 2.24) is 25.5 Å². The van der Waals surface area contributed by atoms with Crippen molar-refractivity contribution in [2.24, 2.45) is 5.92 Å². The monoisotopic (exact) mass is 273 g/mol. The van der Waals surface area contributed by atoms with Gasteiger partial charge in [-0.25, -0.2) is 4.68 Å². The standard InChI is InChI=1S/C11H23N5OS/c1-8(2)10(17)7-18-11-13-14-15-16(11)6-5-12-9(3)4/h8-10,12,17H,5-7H2,1-4H3. The van der Waals surface area contributed by atoms with Gasteiger partial charge in [0, 0.05) is 18.3 Å². The highest BCUT2D eigenvalue weighted by Gasteiger charge is 2.13. The zero-order valence-electron chi connectivity index (χ0n) is 11.5. The van der Waals surface area contributed by atoms with Crippen molar-refractivity contribution in [3.63, 3.8) is 0 Å². The first kappa shape index (κ1) is 15.4. The smallest absolute Gasteiger partial charge is 0.209 e. The lowest BCUT2D eigenvalue weighted by Gasteiger charge is -2.13. The minimum Gasteiger partial charge on any atom is -0.392 e. The summed E-state index contributed by atoms with van der Waals surface area (Å²) in [7, 11) is 0. The van der Waals surface area contributed by atoms with Crippen LogP contribution in [-0.4, -0.2) is 49.8 Å². The van der Waals surface area contributed by atoms with Crippen LogP contribution < -0.4 is 5.32 Å². The van der Waals surface area contributed by atoms with Crippen molar-refractivity contribution >= 4 is 11.8 Å². The third-order valence-corrected chi connectivity index (χ3v) is 3.59. The first-order valence-corrected chi connectivity index (χ1v) is 7.29. The fraction of sp³-hybridized carbons (Fsp3) is 0.909. The predicted octanol–water partition coefficient (Wildman–Crippen LogP) is 0.780. The van der Waals surface area contributed by atoms with Gasteiger partial charge >= 0.3 is 0 Å². The van der Waals surface area contributed by atoms with Gasteiger partial charge in [-0.1, -0.05) is 39.5 Å². The maximum Gasteiger partial charge on any atom is 0.209 e. The van der Waals surface area contributed by atoms with Crippen LogP contribution in [0, 0.1) is 5.92 Å². The van der Waals surface area contributed by atoms with Crippen molar-refractivity contribution in [3.8, 4) is 0 Å². The quantitative estimate of drug-likeness (QED) is 0.682. The molecule has 0 aliphatic rings. The second-order valence-electron chi connectivity index (χ2n) is 4.92. The van der Waals surface area contributed by atoms with Crippen LogP contribution in [0.25, 0.3) is 0 Å². The molecule has 104 valence electrons. The number of aliphatic hydroxyl groups is 1. The highest BCUT2D eigenvalue weighted by molar-refractivity contribution is 7.99. The molecule has 7 heteroatoms. The molecule has 0 saturated carbocycles. The number of aromatic nitrogens is 4. The Morgan fingerprint density at radius 3 is 2.67 bits per heavy atom. The van der Waals surface area contributed by atoms with E-state index in [1.165, 1.54) is 11.8 Å². The molecule has 18 heavy (non-hydrogen) atoms. The second kappa shape index (κ2) is 7.70. The number of thioether (sulfide) groups is 1. The number of tetrazole rings is 1. The molecule has 0 amide bonds. The van der Waals surface area contributed by atoms with E-state index in [-0.39, 0.29) is 12.0 Å². The average Bonchev–Trinajstić information content (AvgIpc) is 2.73. The van der Waals surface area contributed by atoms with E-state index < -0.39 is 0 Å². The van der Waals surface area contributed by atoms with E-state index in [0.717, 1.165) is 18.2 Å². The van der Waals surface area contributed by atoms with E-state index in [1.54, 1.807) is 4.68 Å². The van der Waals surface area contributed by atoms with Gasteiger partial charge in [-0.2, -0.15) is 0 Å². The molecule has 0 spiro atoms. The van der Waals surface area contributed by atoms with Crippen LogP contribution in [0.1, 0.15) is 27.7 Å². The topological polar surface area (TPSA) is 75.9 Å². The average molecular weight is 273 g/mol. The first-order chi connectivity index (χ1) is 8.50. The minimum absolute atomic E-state index is 0.254. The Morgan fingerprint density at radius 2 is 2.06 bits per heavy atom. The van der Waals surface area contributed by atoms with E-state index in [0.29, 0.717) is 11.8 Å². The number of hydrogen-bond donors (Lipinski definition) is 2. The van der Waals surface area contributed by atoms with Crippen LogP contribution in [0.3, 0.4) is 0 Å². The van der Waals surface area contributed by atoms with Gasteiger partial charge in [-0.3, -0.25) is 0 Å². The van der Waals surface area contributed by atoms with E-state index in [1.807, 2.05) is 13.8 Å². The van der Waals surface area contributed by atoms with Gasteiger partial charge < -0.3 is 10.4 Å². The lowest BCUT2D eigenvalue weighted by Crippen LogP contribution is -2.27. The SMILES string of the molecule is CC(C)NCCn1nnnc1SCC(O)C(C)C. The van der Waals surface area contributed by atoms with Gasteiger partial charge in [0.25, 0.3) is 0 Å². The zero-order valence-corrected chi connectivity index (χ0v) is 12.3. The van der Waals surface area contributed by atoms with Crippen LogP contribution in [-0.2, 0) is 6.54 Å². The Bertz CT molecular complexity index is 342. The molecule has 1 aromatic heterocycles. The number of rotatable bonds is 8. The summed E-state index contributed by atoms with van der Waals surface area (Å²) >= 11 is 1.50. The molecule has 0 bridgehead atoms. The van der Waals surface area contributed by atoms with Crippen LogP contribution in [0.15, 0.2) is 5.16 Å². The fourth-order valence-corrected chi connectivity index (χ4v) is 2.33. The molecule has 0 aliphatic carbocycles. The normalized spacial score (nSPS) is 13.5. The van der Waals surface area contributed by atoms with E-state index in [2.05, 4.69) is 34.7 Å². The molecule has 1 heterocycles. The van der Waals surface area contributed by atoms with Gasteiger partial charge in [0.1, 0.15) is 0 Å². The molecule has 0 radical (unpaired) electrons. The van der Waals surface area contributed by atoms with Crippen LogP contribution in [0.4, 0.5) is 0 Å². The maximum atomic E-state index is 9.75. The van der Waals surface area contributed by atoms with Gasteiger partial charge in [0.05, 0.1) is 12.6 Å². The Labute approximate surface area is 113 Å². The lowest BCUT2D eigenvalue weighted by molar-refractivity contribution is 0.149. The Balaban J connectivity index is 2.40. The third kappa shape index (κ3) is 5.32. The molecule has 1 aromatic rings. The summed E-state index contributed by atoms with van der Waals surface area (Å²) < 4.78 is 1.77. The van der Waals surface area contributed by atoms with Crippen LogP contribution >= 0.6 is 11.8 Å². The van der Waals surface area contributed by atoms with Crippen molar-refractivity contribution in [2.45, 2.75) is 51.5 Å². The van der Waals surface area contributed by atoms with Crippen molar-refractivity contribution in [3.05, 3.63) is 0 Å². The highest BCUT2D eigenvalue weighted by Crippen LogP contribution is 2.17. The first-order valence-electron chi connectivity index (χ1n) is 6.31. The van der Waals surface area contributed by atoms with Crippen molar-refractivity contribution in [1.29, 1.82) is 0 Å². The summed E-state index contributed by atoms with van der Waals surface area (Å²) in [6.45, 7) is 9.79. The summed E-state index contributed by atoms with van der Waals surface area (Å²) in [5.41, 5.74) is 0. The maximum absolute atomic E-state index is 9.75. The van der Waals surface area contributed by atoms with Gasteiger partial charge in [0.2, 0.25) is 5.16 Å². The van der Waals surface area contributed by atoms with Gasteiger partial charge in [-0.05, 0) is 16.3 Å². The van der Waals surface area contributed by atoms with Gasteiger partial charge in [0.15, 0.2) is 0 Å². The van der Waals surface area contributed by atoms with Gasteiger partial charge in [-0.15, -0.1) is 5.10 Å². The zero-order chi connectivity index (χ0) is 13.5. The van der Waals surface area contributed by atoms with Crippen LogP contribution in [0.5, 0.6) is 0 Å². The molecule has 0 saturated heterocycles. The predicted molar refractivity (Wildman–Crippen MR) is 72.5 cm³/mol.